The molecule has 1 aromatic rings. The first-order valence-corrected chi connectivity index (χ1v) is 6.28. The van der Waals surface area contributed by atoms with Crippen LogP contribution in [0.4, 0.5) is 5.69 Å². The van der Waals surface area contributed by atoms with Gasteiger partial charge in [0.1, 0.15) is 0 Å². The molecule has 1 aliphatic heterocycles. The number of carbonyl (C=O) groups excluding carboxylic acids is 1. The van der Waals surface area contributed by atoms with Crippen molar-refractivity contribution < 1.29 is 9.53 Å². The number of esters is 1. The fourth-order valence-corrected chi connectivity index (χ4v) is 2.03. The number of nitrogens with zero attached hydrogens (tertiary/aromatic N) is 2. The van der Waals surface area contributed by atoms with Gasteiger partial charge in [0.2, 0.25) is 0 Å². The van der Waals surface area contributed by atoms with Crippen molar-refractivity contribution in [2.45, 2.75) is 6.92 Å². The maximum Gasteiger partial charge on any atom is 0.338 e. The number of rotatable bonds is 3. The maximum absolute atomic E-state index is 11.5. The molecule has 0 saturated carbocycles. The van der Waals surface area contributed by atoms with Crippen molar-refractivity contribution in [2.24, 2.45) is 0 Å². The van der Waals surface area contributed by atoms with E-state index in [-0.39, 0.29) is 5.97 Å². The molecule has 1 radical (unpaired) electrons. The van der Waals surface area contributed by atoms with E-state index in [1.807, 2.05) is 31.2 Å². The molecule has 0 aromatic heterocycles. The van der Waals surface area contributed by atoms with Gasteiger partial charge in [-0.15, -0.1) is 0 Å². The topological polar surface area (TPSA) is 32.8 Å². The van der Waals surface area contributed by atoms with Crippen molar-refractivity contribution in [3.05, 3.63) is 36.9 Å². The summed E-state index contributed by atoms with van der Waals surface area (Å²) in [6.45, 7) is 6.11. The fraction of sp³-hybridized carbons (Fsp3) is 0.429. The normalized spacial score (nSPS) is 16.7. The van der Waals surface area contributed by atoms with E-state index >= 15 is 0 Å². The Hall–Kier alpha value is -1.55. The second-order valence-corrected chi connectivity index (χ2v) is 4.37. The van der Waals surface area contributed by atoms with E-state index in [4.69, 9.17) is 4.74 Å². The Morgan fingerprint density at radius 2 is 1.83 bits per heavy atom. The van der Waals surface area contributed by atoms with Gasteiger partial charge < -0.3 is 9.64 Å². The molecule has 1 aromatic carbocycles. The van der Waals surface area contributed by atoms with E-state index in [9.17, 15) is 4.79 Å². The van der Waals surface area contributed by atoms with Gasteiger partial charge in [-0.05, 0) is 31.2 Å². The summed E-state index contributed by atoms with van der Waals surface area (Å²) >= 11 is 0. The summed E-state index contributed by atoms with van der Waals surface area (Å²) in [6, 6.07) is 7.60. The second-order valence-electron chi connectivity index (χ2n) is 4.37. The van der Waals surface area contributed by atoms with E-state index in [0.717, 1.165) is 31.9 Å². The van der Waals surface area contributed by atoms with Gasteiger partial charge in [-0.2, -0.15) is 0 Å². The Kier molecular flexibility index (Phi) is 4.20. The molecule has 4 nitrogen and oxygen atoms in total. The molecule has 18 heavy (non-hydrogen) atoms. The Morgan fingerprint density at radius 1 is 1.22 bits per heavy atom. The van der Waals surface area contributed by atoms with Crippen molar-refractivity contribution in [3.63, 3.8) is 0 Å². The molecule has 2 rings (SSSR count). The zero-order valence-corrected chi connectivity index (χ0v) is 10.8. The molecule has 4 heteroatoms. The summed E-state index contributed by atoms with van der Waals surface area (Å²) < 4.78 is 4.96. The molecule has 0 spiro atoms. The molecular formula is C14H19N2O2. The van der Waals surface area contributed by atoms with Gasteiger partial charge >= 0.3 is 5.97 Å². The number of carbonyl (C=O) groups is 1. The Bertz CT molecular complexity index is 395. The minimum atomic E-state index is -0.258. The van der Waals surface area contributed by atoms with Gasteiger partial charge in [0.05, 0.1) is 12.2 Å². The van der Waals surface area contributed by atoms with Crippen LogP contribution in [0.3, 0.4) is 0 Å². The highest BCUT2D eigenvalue weighted by Gasteiger charge is 2.14. The van der Waals surface area contributed by atoms with E-state index in [0.29, 0.717) is 12.2 Å². The number of hydrogen-bond acceptors (Lipinski definition) is 4. The number of anilines is 1. The molecule has 0 aliphatic carbocycles. The van der Waals surface area contributed by atoms with Crippen LogP contribution in [0.5, 0.6) is 0 Å². The molecule has 1 saturated heterocycles. The summed E-state index contributed by atoms with van der Waals surface area (Å²) in [5, 5.41) is 0. The number of ether oxygens (including phenoxy) is 1. The van der Waals surface area contributed by atoms with Crippen LogP contribution in [0.25, 0.3) is 0 Å². The van der Waals surface area contributed by atoms with Crippen molar-refractivity contribution in [1.82, 2.24) is 4.90 Å². The predicted molar refractivity (Wildman–Crippen MR) is 71.5 cm³/mol. The summed E-state index contributed by atoms with van der Waals surface area (Å²) in [6.07, 6.45) is 0. The van der Waals surface area contributed by atoms with Gasteiger partial charge in [-0.3, -0.25) is 4.90 Å². The second kappa shape index (κ2) is 5.87. The average molecular weight is 247 g/mol. The third-order valence-corrected chi connectivity index (χ3v) is 3.12. The van der Waals surface area contributed by atoms with Gasteiger partial charge in [-0.1, -0.05) is 0 Å². The van der Waals surface area contributed by atoms with Gasteiger partial charge in [-0.25, -0.2) is 4.79 Å². The number of hydrogen-bond donors (Lipinski definition) is 0. The minimum Gasteiger partial charge on any atom is -0.462 e. The van der Waals surface area contributed by atoms with E-state index in [1.54, 1.807) is 0 Å². The van der Waals surface area contributed by atoms with E-state index in [1.165, 1.54) is 0 Å². The molecule has 1 heterocycles. The highest BCUT2D eigenvalue weighted by Crippen LogP contribution is 2.17. The molecule has 1 aliphatic rings. The molecule has 0 bridgehead atoms. The standard InChI is InChI=1S/C14H19N2O2/c1-3-18-14(17)12-4-6-13(7-5-12)16-10-8-15(2)9-11-16/h4-7H,2-3,8-11H2,1H3. The van der Waals surface area contributed by atoms with Crippen molar-refractivity contribution in [3.8, 4) is 0 Å². The zero-order chi connectivity index (χ0) is 13.0. The highest BCUT2D eigenvalue weighted by atomic mass is 16.5. The number of benzene rings is 1. The molecule has 0 N–H and O–H groups in total. The fourth-order valence-electron chi connectivity index (χ4n) is 2.03. The van der Waals surface area contributed by atoms with Crippen LogP contribution in [0, 0.1) is 7.05 Å². The van der Waals surface area contributed by atoms with Crippen LogP contribution >= 0.6 is 0 Å². The van der Waals surface area contributed by atoms with Gasteiger partial charge in [0, 0.05) is 38.9 Å². The van der Waals surface area contributed by atoms with Gasteiger partial charge in [0.25, 0.3) is 0 Å². The van der Waals surface area contributed by atoms with Crippen LogP contribution in [0.15, 0.2) is 24.3 Å². The van der Waals surface area contributed by atoms with Crippen LogP contribution in [0.1, 0.15) is 17.3 Å². The molecule has 0 unspecified atom stereocenters. The monoisotopic (exact) mass is 247 g/mol. The summed E-state index contributed by atoms with van der Waals surface area (Å²) in [4.78, 5) is 15.9. The maximum atomic E-state index is 11.5. The zero-order valence-electron chi connectivity index (χ0n) is 10.8. The number of piperazine rings is 1. The third-order valence-electron chi connectivity index (χ3n) is 3.12. The average Bonchev–Trinajstić information content (AvgIpc) is 2.40. The minimum absolute atomic E-state index is 0.258. The lowest BCUT2D eigenvalue weighted by Crippen LogP contribution is -2.43. The van der Waals surface area contributed by atoms with E-state index in [2.05, 4.69) is 16.8 Å². The predicted octanol–water partition coefficient (Wildman–Crippen LogP) is 1.78. The Morgan fingerprint density at radius 3 is 2.39 bits per heavy atom. The summed E-state index contributed by atoms with van der Waals surface area (Å²) in [5.41, 5.74) is 1.76. The lowest BCUT2D eigenvalue weighted by Gasteiger charge is -2.33. The summed E-state index contributed by atoms with van der Waals surface area (Å²) in [7, 11) is 3.93. The lowest BCUT2D eigenvalue weighted by atomic mass is 10.2. The van der Waals surface area contributed by atoms with Crippen molar-refractivity contribution >= 4 is 11.7 Å². The SMILES string of the molecule is [CH2]N1CCN(c2ccc(C(=O)OCC)cc2)CC1. The quantitative estimate of drug-likeness (QED) is 0.762. The van der Waals surface area contributed by atoms with Crippen LogP contribution in [-0.2, 0) is 4.74 Å². The van der Waals surface area contributed by atoms with Crippen LogP contribution in [-0.4, -0.2) is 43.7 Å². The third kappa shape index (κ3) is 3.01. The largest absolute Gasteiger partial charge is 0.462 e. The first-order valence-electron chi connectivity index (χ1n) is 6.28. The molecule has 1 fully saturated rings. The Balaban J connectivity index is 2.01. The lowest BCUT2D eigenvalue weighted by molar-refractivity contribution is 0.0526. The van der Waals surface area contributed by atoms with Crippen molar-refractivity contribution in [1.29, 1.82) is 0 Å². The molecule has 0 atom stereocenters. The molecule has 97 valence electrons. The van der Waals surface area contributed by atoms with Crippen LogP contribution < -0.4 is 4.90 Å². The van der Waals surface area contributed by atoms with Crippen molar-refractivity contribution in [2.75, 3.05) is 37.7 Å². The first kappa shape index (κ1) is 12.9. The summed E-state index contributed by atoms with van der Waals surface area (Å²) in [5.74, 6) is -0.258. The highest BCUT2D eigenvalue weighted by molar-refractivity contribution is 5.89. The molecular weight excluding hydrogens is 228 g/mol. The smallest absolute Gasteiger partial charge is 0.338 e. The van der Waals surface area contributed by atoms with E-state index < -0.39 is 0 Å². The first-order chi connectivity index (χ1) is 8.70. The Labute approximate surface area is 108 Å². The van der Waals surface area contributed by atoms with Crippen LogP contribution in [0.2, 0.25) is 0 Å². The molecule has 0 amide bonds. The van der Waals surface area contributed by atoms with Gasteiger partial charge in [0.15, 0.2) is 0 Å².